The second kappa shape index (κ2) is 9.39. The van der Waals surface area contributed by atoms with Gasteiger partial charge in [0.2, 0.25) is 0 Å². The molecule has 1 atom stereocenters. The number of likely N-dealkylation sites (tertiary alicyclic amines) is 1. The Balaban J connectivity index is 1.79. The lowest BCUT2D eigenvalue weighted by Gasteiger charge is -2.26. The number of carbonyl (C=O) groups excluding carboxylic acids is 2. The van der Waals surface area contributed by atoms with Crippen LogP contribution in [0.5, 0.6) is 0 Å². The zero-order valence-corrected chi connectivity index (χ0v) is 17.7. The number of thiophene rings is 1. The van der Waals surface area contributed by atoms with Gasteiger partial charge in [-0.05, 0) is 56.3 Å². The first-order chi connectivity index (χ1) is 13.6. The number of nitrogens with zero attached hydrogens (tertiary/aromatic N) is 1. The van der Waals surface area contributed by atoms with E-state index in [-0.39, 0.29) is 11.9 Å². The van der Waals surface area contributed by atoms with Crippen LogP contribution in [0.4, 0.5) is 0 Å². The van der Waals surface area contributed by atoms with E-state index in [9.17, 15) is 9.59 Å². The van der Waals surface area contributed by atoms with Gasteiger partial charge in [-0.2, -0.15) is 0 Å². The van der Waals surface area contributed by atoms with Gasteiger partial charge in [-0.1, -0.05) is 19.4 Å². The number of esters is 1. The van der Waals surface area contributed by atoms with Crippen molar-refractivity contribution in [2.75, 3.05) is 26.7 Å². The number of H-pyrrole nitrogens is 1. The minimum atomic E-state index is -0.398. The van der Waals surface area contributed by atoms with Crippen molar-refractivity contribution < 1.29 is 14.3 Å². The zero-order valence-electron chi connectivity index (χ0n) is 16.8. The number of carbonyl (C=O) groups is 2. The molecule has 1 fully saturated rings. The van der Waals surface area contributed by atoms with Crippen LogP contribution in [0.15, 0.2) is 17.5 Å². The molecule has 0 aromatic carbocycles. The molecular formula is C21H29N3O3S. The lowest BCUT2D eigenvalue weighted by Crippen LogP contribution is -2.36. The van der Waals surface area contributed by atoms with Gasteiger partial charge in [0.25, 0.3) is 5.91 Å². The van der Waals surface area contributed by atoms with E-state index >= 15 is 0 Å². The Morgan fingerprint density at radius 3 is 2.71 bits per heavy atom. The van der Waals surface area contributed by atoms with Crippen LogP contribution in [0.2, 0.25) is 0 Å². The quantitative estimate of drug-likeness (QED) is 0.659. The molecule has 2 aromatic rings. The van der Waals surface area contributed by atoms with E-state index in [1.807, 2.05) is 6.92 Å². The standard InChI is InChI=1S/C21H29N3O3S/c1-4-8-15-18(21(26)27-3)14(2)23-19(15)20(25)22-13-16(17-9-7-12-28-17)24-10-5-6-11-24/h7,9,12,16,23H,4-6,8,10-11,13H2,1-3H3,(H,22,25). The number of nitrogens with one attached hydrogen (secondary N) is 2. The van der Waals surface area contributed by atoms with E-state index in [1.54, 1.807) is 18.3 Å². The predicted molar refractivity (Wildman–Crippen MR) is 111 cm³/mol. The molecule has 6 nitrogen and oxygen atoms in total. The summed E-state index contributed by atoms with van der Waals surface area (Å²) in [7, 11) is 1.37. The summed E-state index contributed by atoms with van der Waals surface area (Å²) >= 11 is 1.73. The van der Waals surface area contributed by atoms with Crippen LogP contribution in [0, 0.1) is 6.92 Å². The molecule has 0 aliphatic carbocycles. The second-order valence-corrected chi connectivity index (χ2v) is 8.18. The average molecular weight is 404 g/mol. The van der Waals surface area contributed by atoms with Gasteiger partial charge in [-0.25, -0.2) is 4.79 Å². The van der Waals surface area contributed by atoms with E-state index < -0.39 is 5.97 Å². The summed E-state index contributed by atoms with van der Waals surface area (Å²) in [5.41, 5.74) is 2.39. The minimum Gasteiger partial charge on any atom is -0.465 e. The number of rotatable bonds is 8. The first-order valence-corrected chi connectivity index (χ1v) is 10.8. The van der Waals surface area contributed by atoms with Gasteiger partial charge < -0.3 is 15.0 Å². The van der Waals surface area contributed by atoms with E-state index in [2.05, 4.69) is 32.7 Å². The highest BCUT2D eigenvalue weighted by Gasteiger charge is 2.27. The van der Waals surface area contributed by atoms with Crippen molar-refractivity contribution in [2.24, 2.45) is 0 Å². The lowest BCUT2D eigenvalue weighted by atomic mass is 10.0. The third-order valence-electron chi connectivity index (χ3n) is 5.32. The molecule has 1 aliphatic rings. The monoisotopic (exact) mass is 403 g/mol. The molecule has 0 saturated carbocycles. The average Bonchev–Trinajstić information content (AvgIpc) is 3.44. The van der Waals surface area contributed by atoms with Crippen LogP contribution in [0.25, 0.3) is 0 Å². The summed E-state index contributed by atoms with van der Waals surface area (Å²) in [6.07, 6.45) is 3.90. The highest BCUT2D eigenvalue weighted by atomic mass is 32.1. The number of methoxy groups -OCH3 is 1. The van der Waals surface area contributed by atoms with E-state index in [0.717, 1.165) is 25.1 Å². The number of amides is 1. The summed E-state index contributed by atoms with van der Waals surface area (Å²) in [5.74, 6) is -0.563. The van der Waals surface area contributed by atoms with Crippen molar-refractivity contribution in [1.82, 2.24) is 15.2 Å². The van der Waals surface area contributed by atoms with E-state index in [4.69, 9.17) is 4.74 Å². The molecule has 1 aliphatic heterocycles. The molecule has 2 N–H and O–H groups in total. The summed E-state index contributed by atoms with van der Waals surface area (Å²) in [6, 6.07) is 4.38. The molecule has 1 amide bonds. The van der Waals surface area contributed by atoms with Gasteiger partial charge in [0.1, 0.15) is 5.69 Å². The number of aromatic amines is 1. The van der Waals surface area contributed by atoms with Gasteiger partial charge >= 0.3 is 5.97 Å². The molecule has 152 valence electrons. The third kappa shape index (κ3) is 4.31. The van der Waals surface area contributed by atoms with Crippen molar-refractivity contribution in [3.63, 3.8) is 0 Å². The van der Waals surface area contributed by atoms with Gasteiger partial charge in [0.05, 0.1) is 18.7 Å². The molecule has 1 saturated heterocycles. The molecule has 1 unspecified atom stereocenters. The van der Waals surface area contributed by atoms with Crippen molar-refractivity contribution in [1.29, 1.82) is 0 Å². The Labute approximate surface area is 170 Å². The van der Waals surface area contributed by atoms with Crippen LogP contribution in [0.3, 0.4) is 0 Å². The van der Waals surface area contributed by atoms with Gasteiger partial charge in [0, 0.05) is 17.1 Å². The number of ether oxygens (including phenoxy) is 1. The Morgan fingerprint density at radius 1 is 1.36 bits per heavy atom. The first-order valence-electron chi connectivity index (χ1n) is 9.92. The van der Waals surface area contributed by atoms with Gasteiger partial charge in [-0.15, -0.1) is 11.3 Å². The number of hydrogen-bond donors (Lipinski definition) is 2. The molecular weight excluding hydrogens is 374 g/mol. The maximum absolute atomic E-state index is 13.0. The summed E-state index contributed by atoms with van der Waals surface area (Å²) in [4.78, 5) is 32.0. The molecule has 0 bridgehead atoms. The van der Waals surface area contributed by atoms with Gasteiger partial charge in [-0.3, -0.25) is 9.69 Å². The van der Waals surface area contributed by atoms with E-state index in [1.165, 1.54) is 24.8 Å². The zero-order chi connectivity index (χ0) is 20.1. The fraction of sp³-hybridized carbons (Fsp3) is 0.524. The normalized spacial score (nSPS) is 15.5. The van der Waals surface area contributed by atoms with Crippen molar-refractivity contribution in [3.05, 3.63) is 44.9 Å². The van der Waals surface area contributed by atoms with E-state index in [0.29, 0.717) is 29.9 Å². The molecule has 0 spiro atoms. The smallest absolute Gasteiger partial charge is 0.339 e. The van der Waals surface area contributed by atoms with Crippen molar-refractivity contribution in [2.45, 2.75) is 45.6 Å². The second-order valence-electron chi connectivity index (χ2n) is 7.20. The Morgan fingerprint density at radius 2 is 2.11 bits per heavy atom. The summed E-state index contributed by atoms with van der Waals surface area (Å²) in [6.45, 7) is 6.52. The van der Waals surface area contributed by atoms with Crippen LogP contribution >= 0.6 is 11.3 Å². The molecule has 0 radical (unpaired) electrons. The Kier molecular flexibility index (Phi) is 6.91. The molecule has 3 heterocycles. The fourth-order valence-electron chi connectivity index (χ4n) is 3.97. The maximum atomic E-state index is 13.0. The highest BCUT2D eigenvalue weighted by Crippen LogP contribution is 2.28. The van der Waals surface area contributed by atoms with Crippen LogP contribution in [-0.4, -0.2) is 48.5 Å². The largest absolute Gasteiger partial charge is 0.465 e. The Hall–Kier alpha value is -2.12. The van der Waals surface area contributed by atoms with Crippen molar-refractivity contribution >= 4 is 23.2 Å². The third-order valence-corrected chi connectivity index (χ3v) is 6.29. The maximum Gasteiger partial charge on any atom is 0.339 e. The first kappa shape index (κ1) is 20.6. The van der Waals surface area contributed by atoms with Crippen LogP contribution in [0.1, 0.15) is 69.2 Å². The number of hydrogen-bond acceptors (Lipinski definition) is 5. The number of aryl methyl sites for hydroxylation is 1. The minimum absolute atomic E-state index is 0.164. The van der Waals surface area contributed by atoms with Crippen LogP contribution < -0.4 is 5.32 Å². The lowest BCUT2D eigenvalue weighted by molar-refractivity contribution is 0.0599. The molecule has 28 heavy (non-hydrogen) atoms. The molecule has 7 heteroatoms. The molecule has 2 aromatic heterocycles. The SMILES string of the molecule is CCCc1c(C(=O)NCC(c2cccs2)N2CCCC2)[nH]c(C)c1C(=O)OC. The van der Waals surface area contributed by atoms with Gasteiger partial charge in [0.15, 0.2) is 0 Å². The Bertz CT molecular complexity index is 807. The van der Waals surface area contributed by atoms with Crippen LogP contribution in [-0.2, 0) is 11.2 Å². The highest BCUT2D eigenvalue weighted by molar-refractivity contribution is 7.10. The topological polar surface area (TPSA) is 74.4 Å². The predicted octanol–water partition coefficient (Wildman–Crippen LogP) is 3.69. The summed E-state index contributed by atoms with van der Waals surface area (Å²) in [5, 5.41) is 5.18. The summed E-state index contributed by atoms with van der Waals surface area (Å²) < 4.78 is 4.92. The molecule has 3 rings (SSSR count). The number of aromatic nitrogens is 1. The fourth-order valence-corrected chi connectivity index (χ4v) is 4.83. The van der Waals surface area contributed by atoms with Crippen molar-refractivity contribution in [3.8, 4) is 0 Å².